The van der Waals surface area contributed by atoms with Crippen LogP contribution in [0, 0.1) is 17.3 Å². The van der Waals surface area contributed by atoms with Crippen molar-refractivity contribution in [2.75, 3.05) is 14.2 Å². The minimum Gasteiger partial charge on any atom is -0.469 e. The second-order valence-electron chi connectivity index (χ2n) is 7.56. The average Bonchev–Trinajstić information content (AvgIpc) is 2.49. The van der Waals surface area contributed by atoms with E-state index in [0.717, 1.165) is 25.7 Å². The summed E-state index contributed by atoms with van der Waals surface area (Å²) in [6, 6.07) is 0. The predicted molar refractivity (Wildman–Crippen MR) is 85.5 cm³/mol. The van der Waals surface area contributed by atoms with Gasteiger partial charge in [0.25, 0.3) is 0 Å². The molecule has 0 spiro atoms. The topological polar surface area (TPSA) is 55.4 Å². The van der Waals surface area contributed by atoms with Gasteiger partial charge in [-0.3, -0.25) is 4.79 Å². The van der Waals surface area contributed by atoms with E-state index in [1.165, 1.54) is 20.6 Å². The summed E-state index contributed by atoms with van der Waals surface area (Å²) in [6.45, 7) is 6.26. The highest BCUT2D eigenvalue weighted by Crippen LogP contribution is 2.37. The summed E-state index contributed by atoms with van der Waals surface area (Å²) in [5.74, 6) is -0.385. The van der Waals surface area contributed by atoms with Crippen LogP contribution in [0.25, 0.3) is 0 Å². The fourth-order valence-electron chi connectivity index (χ4n) is 3.41. The molecule has 1 aliphatic rings. The smallest absolute Gasteiger partial charge is 0.329 e. The highest BCUT2D eigenvalue weighted by Gasteiger charge is 2.33. The van der Waals surface area contributed by atoms with E-state index in [9.17, 15) is 9.90 Å². The molecule has 0 aromatic carbocycles. The maximum Gasteiger partial charge on any atom is 0.329 e. The molecule has 1 unspecified atom stereocenters. The number of hydrogen-bond donors (Lipinski definition) is 0. The zero-order valence-electron chi connectivity index (χ0n) is 14.7. The van der Waals surface area contributed by atoms with Crippen molar-refractivity contribution in [1.82, 2.24) is 0 Å². The lowest BCUT2D eigenvalue weighted by molar-refractivity contribution is -0.148. The molecule has 0 N–H and O–H groups in total. The maximum absolute atomic E-state index is 12.2. The number of allylic oxidation sites excluding steroid dienone is 1. The first-order valence-electron chi connectivity index (χ1n) is 8.29. The molecule has 1 aliphatic carbocycles. The lowest BCUT2D eigenvalue weighted by Crippen LogP contribution is -2.28. The van der Waals surface area contributed by atoms with Crippen LogP contribution in [0.2, 0.25) is 0 Å². The van der Waals surface area contributed by atoms with Gasteiger partial charge in [0.15, 0.2) is 0 Å². The summed E-state index contributed by atoms with van der Waals surface area (Å²) < 4.78 is 9.94. The SMILES string of the molecule is COC(=O)C(CC(CC(C)(C)C)=C([O])OC)C1CCCCC1. The van der Waals surface area contributed by atoms with Crippen molar-refractivity contribution in [3.63, 3.8) is 0 Å². The quantitative estimate of drug-likeness (QED) is 0.537. The van der Waals surface area contributed by atoms with Gasteiger partial charge in [-0.05, 0) is 37.0 Å². The molecule has 1 atom stereocenters. The van der Waals surface area contributed by atoms with Crippen LogP contribution in [0.3, 0.4) is 0 Å². The van der Waals surface area contributed by atoms with Crippen LogP contribution in [0.15, 0.2) is 11.5 Å². The molecule has 0 heterocycles. The third-order valence-electron chi connectivity index (χ3n) is 4.41. The molecule has 0 bridgehead atoms. The zero-order chi connectivity index (χ0) is 16.8. The number of ether oxygens (including phenoxy) is 2. The fourth-order valence-corrected chi connectivity index (χ4v) is 3.41. The van der Waals surface area contributed by atoms with E-state index in [1.54, 1.807) is 0 Å². The van der Waals surface area contributed by atoms with Gasteiger partial charge in [-0.2, -0.15) is 0 Å². The van der Waals surface area contributed by atoms with Crippen molar-refractivity contribution in [3.05, 3.63) is 11.5 Å². The van der Waals surface area contributed by atoms with Crippen molar-refractivity contribution in [3.8, 4) is 0 Å². The first-order valence-corrected chi connectivity index (χ1v) is 8.29. The monoisotopic (exact) mass is 311 g/mol. The Bertz CT molecular complexity index is 386. The molecule has 4 heteroatoms. The van der Waals surface area contributed by atoms with Crippen LogP contribution in [0.4, 0.5) is 0 Å². The molecule has 22 heavy (non-hydrogen) atoms. The van der Waals surface area contributed by atoms with Crippen molar-refractivity contribution in [2.45, 2.75) is 65.7 Å². The Hall–Kier alpha value is -1.19. The molecule has 1 radical (unpaired) electrons. The van der Waals surface area contributed by atoms with Gasteiger partial charge in [0.2, 0.25) is 0 Å². The predicted octanol–water partition coefficient (Wildman–Crippen LogP) is 4.47. The summed E-state index contributed by atoms with van der Waals surface area (Å²) in [6.07, 6.45) is 6.74. The Morgan fingerprint density at radius 2 is 1.68 bits per heavy atom. The number of esters is 1. The van der Waals surface area contributed by atoms with Gasteiger partial charge in [0.05, 0.1) is 20.1 Å². The van der Waals surface area contributed by atoms with Crippen molar-refractivity contribution in [1.29, 1.82) is 0 Å². The molecular weight excluding hydrogens is 280 g/mol. The van der Waals surface area contributed by atoms with E-state index in [0.29, 0.717) is 24.3 Å². The number of methoxy groups -OCH3 is 2. The second kappa shape index (κ2) is 8.44. The number of rotatable bonds is 6. The van der Waals surface area contributed by atoms with E-state index >= 15 is 0 Å². The van der Waals surface area contributed by atoms with Crippen molar-refractivity contribution >= 4 is 5.97 Å². The fraction of sp³-hybridized carbons (Fsp3) is 0.833. The standard InChI is InChI=1S/C18H31O4/c1-18(2,3)12-14(16(19)21-4)11-15(17(20)22-5)13-9-7-6-8-10-13/h13,15H,6-12H2,1-5H3. The van der Waals surface area contributed by atoms with Crippen LogP contribution in [-0.4, -0.2) is 20.2 Å². The molecule has 4 nitrogen and oxygen atoms in total. The summed E-state index contributed by atoms with van der Waals surface area (Å²) in [4.78, 5) is 12.2. The average molecular weight is 311 g/mol. The van der Waals surface area contributed by atoms with E-state index in [4.69, 9.17) is 9.47 Å². The van der Waals surface area contributed by atoms with Gasteiger partial charge in [-0.25, -0.2) is 5.11 Å². The minimum absolute atomic E-state index is 0.0171. The van der Waals surface area contributed by atoms with E-state index in [1.807, 2.05) is 0 Å². The van der Waals surface area contributed by atoms with Gasteiger partial charge in [0, 0.05) is 5.57 Å². The van der Waals surface area contributed by atoms with Crippen LogP contribution in [-0.2, 0) is 19.4 Å². The molecule has 0 amide bonds. The molecule has 1 saturated carbocycles. The Balaban J connectivity index is 2.94. The first kappa shape index (κ1) is 18.9. The van der Waals surface area contributed by atoms with Gasteiger partial charge in [0.1, 0.15) is 0 Å². The zero-order valence-corrected chi connectivity index (χ0v) is 14.7. The number of carbonyl (C=O) groups excluding carboxylic acids is 1. The third kappa shape index (κ3) is 5.90. The van der Waals surface area contributed by atoms with E-state index in [-0.39, 0.29) is 23.2 Å². The second-order valence-corrected chi connectivity index (χ2v) is 7.56. The van der Waals surface area contributed by atoms with Crippen LogP contribution in [0.1, 0.15) is 65.7 Å². The molecule has 0 aromatic heterocycles. The maximum atomic E-state index is 12.2. The minimum atomic E-state index is -0.292. The number of hydrogen-bond acceptors (Lipinski definition) is 3. The van der Waals surface area contributed by atoms with Crippen LogP contribution >= 0.6 is 0 Å². The molecule has 127 valence electrons. The Morgan fingerprint density at radius 3 is 2.14 bits per heavy atom. The number of carbonyl (C=O) groups is 1. The Labute approximate surface area is 134 Å². The van der Waals surface area contributed by atoms with E-state index < -0.39 is 0 Å². The molecule has 1 rings (SSSR count). The lowest BCUT2D eigenvalue weighted by atomic mass is 9.75. The van der Waals surface area contributed by atoms with Crippen LogP contribution < -0.4 is 0 Å². The van der Waals surface area contributed by atoms with Crippen LogP contribution in [0.5, 0.6) is 0 Å². The summed E-state index contributed by atoms with van der Waals surface area (Å²) in [7, 11) is 2.83. The largest absolute Gasteiger partial charge is 0.469 e. The van der Waals surface area contributed by atoms with Gasteiger partial charge >= 0.3 is 11.9 Å². The van der Waals surface area contributed by atoms with E-state index in [2.05, 4.69) is 20.8 Å². The summed E-state index contributed by atoms with van der Waals surface area (Å²) in [5, 5.41) is 12.1. The Kier molecular flexibility index (Phi) is 7.24. The highest BCUT2D eigenvalue weighted by molar-refractivity contribution is 5.73. The lowest BCUT2D eigenvalue weighted by Gasteiger charge is -2.30. The van der Waals surface area contributed by atoms with Crippen molar-refractivity contribution in [2.24, 2.45) is 17.3 Å². The van der Waals surface area contributed by atoms with Gasteiger partial charge < -0.3 is 9.47 Å². The van der Waals surface area contributed by atoms with Crippen molar-refractivity contribution < 1.29 is 19.4 Å². The molecule has 0 aliphatic heterocycles. The first-order chi connectivity index (χ1) is 10.3. The summed E-state index contributed by atoms with van der Waals surface area (Å²) in [5.41, 5.74) is 0.687. The highest BCUT2D eigenvalue weighted by atomic mass is 16.6. The Morgan fingerprint density at radius 1 is 1.09 bits per heavy atom. The van der Waals surface area contributed by atoms with Gasteiger partial charge in [-0.1, -0.05) is 40.0 Å². The van der Waals surface area contributed by atoms with Gasteiger partial charge in [-0.15, -0.1) is 0 Å². The molecule has 0 saturated heterocycles. The molecule has 0 aromatic rings. The summed E-state index contributed by atoms with van der Waals surface area (Å²) >= 11 is 0. The third-order valence-corrected chi connectivity index (χ3v) is 4.41. The molecular formula is C18H31O4. The molecule has 1 fully saturated rings. The normalized spacial score (nSPS) is 19.3.